The Hall–Kier alpha value is -2.14. The summed E-state index contributed by atoms with van der Waals surface area (Å²) >= 11 is 0. The van der Waals surface area contributed by atoms with Crippen molar-refractivity contribution in [2.45, 2.75) is 65.9 Å². The molecule has 0 spiro atoms. The third kappa shape index (κ3) is 2.78. The van der Waals surface area contributed by atoms with Crippen LogP contribution in [0.25, 0.3) is 0 Å². The van der Waals surface area contributed by atoms with Crippen molar-refractivity contribution in [3.8, 4) is 0 Å². The molecule has 5 nitrogen and oxygen atoms in total. The molecule has 0 aromatic carbocycles. The molecule has 4 rings (SSSR count). The maximum Gasteiger partial charge on any atom is 0.201 e. The summed E-state index contributed by atoms with van der Waals surface area (Å²) in [5.41, 5.74) is -0.200. The van der Waals surface area contributed by atoms with E-state index in [9.17, 15) is 14.7 Å². The van der Waals surface area contributed by atoms with Crippen molar-refractivity contribution >= 4 is 11.6 Å². The molecule has 162 valence electrons. The highest BCUT2D eigenvalue weighted by molar-refractivity contribution is 6.07. The van der Waals surface area contributed by atoms with Gasteiger partial charge in [0.15, 0.2) is 11.5 Å². The quantitative estimate of drug-likeness (QED) is 0.653. The number of carbonyl (C=O) groups is 2. The molecule has 2 aromatic heterocycles. The van der Waals surface area contributed by atoms with Gasteiger partial charge in [-0.2, -0.15) is 0 Å². The van der Waals surface area contributed by atoms with Gasteiger partial charge in [0.05, 0.1) is 12.5 Å². The minimum absolute atomic E-state index is 0.142. The first-order valence-electron chi connectivity index (χ1n) is 11.0. The van der Waals surface area contributed by atoms with Gasteiger partial charge in [-0.15, -0.1) is 0 Å². The second kappa shape index (κ2) is 7.23. The zero-order valence-corrected chi connectivity index (χ0v) is 18.5. The Bertz CT molecular complexity index is 968. The summed E-state index contributed by atoms with van der Waals surface area (Å²) in [7, 11) is 0. The van der Waals surface area contributed by atoms with Crippen LogP contribution in [-0.2, 0) is 11.2 Å². The molecule has 2 aliphatic rings. The van der Waals surface area contributed by atoms with Gasteiger partial charge >= 0.3 is 0 Å². The van der Waals surface area contributed by atoms with E-state index in [4.69, 9.17) is 8.83 Å². The number of ketones is 2. The molecule has 30 heavy (non-hydrogen) atoms. The molecule has 0 radical (unpaired) electrons. The van der Waals surface area contributed by atoms with E-state index < -0.39 is 16.9 Å². The third-order valence-electron chi connectivity index (χ3n) is 8.06. The largest absolute Gasteiger partial charge is 0.469 e. The summed E-state index contributed by atoms with van der Waals surface area (Å²) in [5.74, 6) is 0.173. The van der Waals surface area contributed by atoms with Gasteiger partial charge in [-0.25, -0.2) is 0 Å². The van der Waals surface area contributed by atoms with Crippen LogP contribution in [0.15, 0.2) is 33.5 Å². The highest BCUT2D eigenvalue weighted by Crippen LogP contribution is 2.68. The number of fused-ring (bicyclic) bond motifs is 1. The van der Waals surface area contributed by atoms with Crippen LogP contribution in [-0.4, -0.2) is 22.3 Å². The Morgan fingerprint density at radius 1 is 1.30 bits per heavy atom. The predicted molar refractivity (Wildman–Crippen MR) is 112 cm³/mol. The van der Waals surface area contributed by atoms with E-state index in [-0.39, 0.29) is 29.3 Å². The number of aliphatic hydroxyl groups is 1. The zero-order valence-electron chi connectivity index (χ0n) is 18.5. The molecule has 0 bridgehead atoms. The minimum Gasteiger partial charge on any atom is -0.469 e. The van der Waals surface area contributed by atoms with Crippen LogP contribution in [0, 0.1) is 42.9 Å². The number of carbonyl (C=O) groups excluding carboxylic acids is 2. The Morgan fingerprint density at radius 2 is 2.03 bits per heavy atom. The second-order valence-electron chi connectivity index (χ2n) is 9.73. The molecular weight excluding hydrogens is 380 g/mol. The van der Waals surface area contributed by atoms with Crippen LogP contribution in [0.5, 0.6) is 0 Å². The van der Waals surface area contributed by atoms with E-state index in [0.717, 1.165) is 23.3 Å². The van der Waals surface area contributed by atoms with Crippen LogP contribution < -0.4 is 0 Å². The van der Waals surface area contributed by atoms with Crippen molar-refractivity contribution in [3.05, 3.63) is 47.3 Å². The molecule has 5 heteroatoms. The molecule has 1 N–H and O–H groups in total. The number of rotatable bonds is 7. The molecule has 6 atom stereocenters. The fourth-order valence-corrected chi connectivity index (χ4v) is 6.26. The predicted octanol–water partition coefficient (Wildman–Crippen LogP) is 4.92. The molecule has 0 saturated heterocycles. The highest BCUT2D eigenvalue weighted by atomic mass is 16.3. The van der Waals surface area contributed by atoms with Crippen molar-refractivity contribution in [2.24, 2.45) is 29.1 Å². The molecule has 2 aromatic rings. The number of hydrogen-bond acceptors (Lipinski definition) is 5. The van der Waals surface area contributed by atoms with E-state index >= 15 is 0 Å². The first-order chi connectivity index (χ1) is 14.1. The molecule has 0 unspecified atom stereocenters. The normalized spacial score (nSPS) is 32.5. The topological polar surface area (TPSA) is 80.7 Å². The van der Waals surface area contributed by atoms with Gasteiger partial charge in [0, 0.05) is 23.7 Å². The lowest BCUT2D eigenvalue weighted by Crippen LogP contribution is -2.74. The first kappa shape index (κ1) is 21.1. The number of aryl methyl sites for hydroxylation is 3. The van der Waals surface area contributed by atoms with Gasteiger partial charge in [-0.3, -0.25) is 9.59 Å². The second-order valence-corrected chi connectivity index (χ2v) is 9.73. The maximum atomic E-state index is 13.6. The van der Waals surface area contributed by atoms with Crippen molar-refractivity contribution < 1.29 is 23.5 Å². The molecule has 2 fully saturated rings. The molecule has 2 saturated carbocycles. The number of hydrogen-bond donors (Lipinski definition) is 1. The van der Waals surface area contributed by atoms with Crippen LogP contribution in [0.4, 0.5) is 0 Å². The van der Waals surface area contributed by atoms with Gasteiger partial charge in [0.1, 0.15) is 11.4 Å². The van der Waals surface area contributed by atoms with E-state index in [1.54, 1.807) is 18.6 Å². The zero-order chi connectivity index (χ0) is 21.8. The first-order valence-corrected chi connectivity index (χ1v) is 11.0. The molecule has 2 heterocycles. The Morgan fingerprint density at radius 3 is 2.63 bits per heavy atom. The monoisotopic (exact) mass is 412 g/mol. The van der Waals surface area contributed by atoms with Crippen LogP contribution in [0.1, 0.15) is 67.5 Å². The van der Waals surface area contributed by atoms with Crippen LogP contribution in [0.2, 0.25) is 0 Å². The van der Waals surface area contributed by atoms with Crippen LogP contribution >= 0.6 is 0 Å². The number of Topliss-reactive ketones (excluding diaryl/α,β-unsaturated/α-hetero) is 2. The average Bonchev–Trinajstić information content (AvgIpc) is 3.42. The highest BCUT2D eigenvalue weighted by Gasteiger charge is 2.77. The maximum absolute atomic E-state index is 13.6. The van der Waals surface area contributed by atoms with Gasteiger partial charge in [0.2, 0.25) is 5.78 Å². The van der Waals surface area contributed by atoms with E-state index in [2.05, 4.69) is 6.92 Å². The average molecular weight is 413 g/mol. The van der Waals surface area contributed by atoms with E-state index in [0.29, 0.717) is 25.0 Å². The van der Waals surface area contributed by atoms with Crippen molar-refractivity contribution in [1.82, 2.24) is 0 Å². The number of furan rings is 2. The molecule has 0 aliphatic heterocycles. The Balaban J connectivity index is 1.58. The lowest BCUT2D eigenvalue weighted by Gasteiger charge is -2.61. The van der Waals surface area contributed by atoms with E-state index in [1.807, 2.05) is 33.8 Å². The lowest BCUT2D eigenvalue weighted by molar-refractivity contribution is -0.215. The Kier molecular flexibility index (Phi) is 5.08. The van der Waals surface area contributed by atoms with Gasteiger partial charge < -0.3 is 13.9 Å². The summed E-state index contributed by atoms with van der Waals surface area (Å²) in [6, 6.07) is 3.66. The molecular formula is C25H32O5. The van der Waals surface area contributed by atoms with Gasteiger partial charge in [-0.1, -0.05) is 20.8 Å². The third-order valence-corrected chi connectivity index (χ3v) is 8.06. The summed E-state index contributed by atoms with van der Waals surface area (Å²) in [6.07, 6.45) is 6.07. The summed E-state index contributed by atoms with van der Waals surface area (Å²) in [6.45, 7) is 9.76. The SMILES string of the molecule is Cc1coc(C(=O)[C@@H](C)[C@]23CC[C@H](C)[C@H]2[C@](O)([C@H](C)CCc2occc2C)C3=O)c1. The minimum atomic E-state index is -1.38. The van der Waals surface area contributed by atoms with Crippen molar-refractivity contribution in [1.29, 1.82) is 0 Å². The fourth-order valence-electron chi connectivity index (χ4n) is 6.26. The standard InChI is InChI=1S/C25H32O5/c1-14-12-20(30-13-14)21(26)18(5)24-10-8-16(3)22(24)25(28,23(24)27)17(4)6-7-19-15(2)9-11-29-19/h9,11-13,16-18,22,28H,6-8,10H2,1-5H3/t16-,17+,18+,22+,24+,25+/m0/s1. The van der Waals surface area contributed by atoms with Gasteiger partial charge in [0.25, 0.3) is 0 Å². The lowest BCUT2D eigenvalue weighted by atomic mass is 9.42. The molecule has 2 aliphatic carbocycles. The fraction of sp³-hybridized carbons (Fsp3) is 0.600. The summed E-state index contributed by atoms with van der Waals surface area (Å²) in [5, 5.41) is 11.6. The van der Waals surface area contributed by atoms with E-state index in [1.165, 1.54) is 0 Å². The van der Waals surface area contributed by atoms with Crippen LogP contribution in [0.3, 0.4) is 0 Å². The van der Waals surface area contributed by atoms with Crippen molar-refractivity contribution in [3.63, 3.8) is 0 Å². The van der Waals surface area contributed by atoms with Crippen molar-refractivity contribution in [2.75, 3.05) is 0 Å². The Labute approximate surface area is 177 Å². The summed E-state index contributed by atoms with van der Waals surface area (Å²) in [4.78, 5) is 26.8. The molecule has 0 amide bonds. The summed E-state index contributed by atoms with van der Waals surface area (Å²) < 4.78 is 11.0. The smallest absolute Gasteiger partial charge is 0.201 e. The van der Waals surface area contributed by atoms with Gasteiger partial charge in [-0.05, 0) is 68.2 Å².